The summed E-state index contributed by atoms with van der Waals surface area (Å²) in [6.45, 7) is 7.43. The van der Waals surface area contributed by atoms with Gasteiger partial charge in [-0.1, -0.05) is 32.0 Å². The third-order valence-corrected chi connectivity index (χ3v) is 3.94. The second kappa shape index (κ2) is 6.76. The largest absolute Gasteiger partial charge is 0.352 e. The van der Waals surface area contributed by atoms with Crippen molar-refractivity contribution in [1.82, 2.24) is 15.2 Å². The minimum atomic E-state index is 0.0629. The van der Waals surface area contributed by atoms with Crippen molar-refractivity contribution in [2.45, 2.75) is 39.9 Å². The highest BCUT2D eigenvalue weighted by Crippen LogP contribution is 2.21. The molecule has 4 heteroatoms. The van der Waals surface area contributed by atoms with Crippen molar-refractivity contribution in [3.8, 4) is 0 Å². The van der Waals surface area contributed by atoms with E-state index >= 15 is 0 Å². The lowest BCUT2D eigenvalue weighted by Gasteiger charge is -2.17. The van der Waals surface area contributed by atoms with Gasteiger partial charge in [-0.3, -0.25) is 4.79 Å². The van der Waals surface area contributed by atoms with Crippen molar-refractivity contribution in [3.05, 3.63) is 36.0 Å². The van der Waals surface area contributed by atoms with Gasteiger partial charge in [-0.15, -0.1) is 0 Å². The number of benzene rings is 1. The summed E-state index contributed by atoms with van der Waals surface area (Å²) in [7, 11) is 1.93. The number of nitrogens with one attached hydrogen (secondary N) is 2. The van der Waals surface area contributed by atoms with Gasteiger partial charge in [-0.05, 0) is 31.5 Å². The predicted octanol–water partition coefficient (Wildman–Crippen LogP) is 2.52. The molecule has 0 saturated heterocycles. The lowest BCUT2D eigenvalue weighted by atomic mass is 10.1. The molecule has 0 aliphatic rings. The minimum Gasteiger partial charge on any atom is -0.352 e. The monoisotopic (exact) mass is 287 g/mol. The lowest BCUT2D eigenvalue weighted by molar-refractivity contribution is -0.122. The minimum absolute atomic E-state index is 0.0629. The van der Waals surface area contributed by atoms with E-state index in [0.717, 1.165) is 12.1 Å². The Morgan fingerprint density at radius 2 is 1.95 bits per heavy atom. The van der Waals surface area contributed by atoms with Gasteiger partial charge >= 0.3 is 0 Å². The molecule has 2 aromatic rings. The number of carbonyl (C=O) groups excluding carboxylic acids is 1. The molecule has 1 atom stereocenters. The van der Waals surface area contributed by atoms with E-state index in [1.165, 1.54) is 10.9 Å². The fourth-order valence-corrected chi connectivity index (χ4v) is 2.41. The molecule has 0 fully saturated rings. The van der Waals surface area contributed by atoms with Gasteiger partial charge in [0.05, 0.1) is 0 Å². The van der Waals surface area contributed by atoms with Gasteiger partial charge in [0, 0.05) is 29.7 Å². The number of para-hydroxylation sites is 1. The number of aromatic nitrogens is 1. The quantitative estimate of drug-likeness (QED) is 0.857. The van der Waals surface area contributed by atoms with Crippen LogP contribution in [0.2, 0.25) is 0 Å². The average molecular weight is 287 g/mol. The van der Waals surface area contributed by atoms with Crippen molar-refractivity contribution in [3.63, 3.8) is 0 Å². The zero-order chi connectivity index (χ0) is 15.4. The molecular weight excluding hydrogens is 262 g/mol. The first-order valence-corrected chi connectivity index (χ1v) is 7.53. The van der Waals surface area contributed by atoms with Crippen molar-refractivity contribution >= 4 is 16.8 Å². The molecule has 0 saturated carbocycles. The van der Waals surface area contributed by atoms with E-state index in [0.29, 0.717) is 12.5 Å². The number of nitrogens with zero attached hydrogens (tertiary/aromatic N) is 1. The first kappa shape index (κ1) is 15.6. The molecule has 1 aromatic carbocycles. The van der Waals surface area contributed by atoms with Gasteiger partial charge < -0.3 is 15.2 Å². The van der Waals surface area contributed by atoms with Gasteiger partial charge in [0.2, 0.25) is 5.91 Å². The van der Waals surface area contributed by atoms with Gasteiger partial charge in [0.1, 0.15) is 6.54 Å². The van der Waals surface area contributed by atoms with Crippen molar-refractivity contribution in [1.29, 1.82) is 0 Å². The summed E-state index contributed by atoms with van der Waals surface area (Å²) in [6, 6.07) is 8.40. The van der Waals surface area contributed by atoms with Gasteiger partial charge in [-0.2, -0.15) is 0 Å². The lowest BCUT2D eigenvalue weighted by Crippen LogP contribution is -2.38. The highest BCUT2D eigenvalue weighted by atomic mass is 16.2. The maximum absolute atomic E-state index is 12.2. The fourth-order valence-electron chi connectivity index (χ4n) is 2.41. The van der Waals surface area contributed by atoms with Crippen LogP contribution in [0.4, 0.5) is 0 Å². The summed E-state index contributed by atoms with van der Waals surface area (Å²) in [6.07, 6.45) is 2.07. The van der Waals surface area contributed by atoms with Gasteiger partial charge in [-0.25, -0.2) is 0 Å². The Kier molecular flexibility index (Phi) is 5.02. The van der Waals surface area contributed by atoms with Crippen LogP contribution in [0.25, 0.3) is 10.9 Å². The van der Waals surface area contributed by atoms with Crippen molar-refractivity contribution in [2.75, 3.05) is 7.05 Å². The van der Waals surface area contributed by atoms with Crippen LogP contribution in [-0.4, -0.2) is 23.6 Å². The van der Waals surface area contributed by atoms with Gasteiger partial charge in [0.15, 0.2) is 0 Å². The summed E-state index contributed by atoms with van der Waals surface area (Å²) < 4.78 is 2.03. The standard InChI is InChI=1S/C17H25N3O/c1-12(2)13(3)19-17(21)11-20-10-14(9-18-4)15-7-5-6-8-16(15)20/h5-8,10,12-13,18H,9,11H2,1-4H3,(H,19,21). The maximum Gasteiger partial charge on any atom is 0.240 e. The molecule has 2 N–H and O–H groups in total. The zero-order valence-electron chi connectivity index (χ0n) is 13.3. The van der Waals surface area contributed by atoms with E-state index in [9.17, 15) is 4.79 Å². The van der Waals surface area contributed by atoms with Crippen LogP contribution in [-0.2, 0) is 17.9 Å². The molecule has 1 unspecified atom stereocenters. The predicted molar refractivity (Wildman–Crippen MR) is 87.1 cm³/mol. The molecule has 0 aliphatic heterocycles. The molecule has 2 rings (SSSR count). The summed E-state index contributed by atoms with van der Waals surface area (Å²) >= 11 is 0. The van der Waals surface area contributed by atoms with Crippen molar-refractivity contribution < 1.29 is 4.79 Å². The average Bonchev–Trinajstić information content (AvgIpc) is 2.77. The molecular formula is C17H25N3O. The zero-order valence-corrected chi connectivity index (χ0v) is 13.3. The highest BCUT2D eigenvalue weighted by molar-refractivity contribution is 5.86. The van der Waals surface area contributed by atoms with E-state index in [4.69, 9.17) is 0 Å². The van der Waals surface area contributed by atoms with Crippen LogP contribution in [0.5, 0.6) is 0 Å². The number of carbonyl (C=O) groups is 1. The van der Waals surface area contributed by atoms with E-state index in [1.54, 1.807) is 0 Å². The highest BCUT2D eigenvalue weighted by Gasteiger charge is 2.13. The normalized spacial score (nSPS) is 12.8. The molecule has 0 spiro atoms. The molecule has 1 aromatic heterocycles. The number of fused-ring (bicyclic) bond motifs is 1. The summed E-state index contributed by atoms with van der Waals surface area (Å²) in [4.78, 5) is 12.2. The third kappa shape index (κ3) is 3.64. The Balaban J connectivity index is 2.20. The molecule has 0 aliphatic carbocycles. The topological polar surface area (TPSA) is 46.1 Å². The van der Waals surface area contributed by atoms with Crippen LogP contribution >= 0.6 is 0 Å². The second-order valence-electron chi connectivity index (χ2n) is 5.93. The molecule has 0 radical (unpaired) electrons. The molecule has 114 valence electrons. The summed E-state index contributed by atoms with van der Waals surface area (Å²) in [5, 5.41) is 7.44. The SMILES string of the molecule is CNCc1cn(CC(=O)NC(C)C(C)C)c2ccccc12. The second-order valence-corrected chi connectivity index (χ2v) is 5.93. The number of rotatable bonds is 6. The molecule has 21 heavy (non-hydrogen) atoms. The summed E-state index contributed by atoms with van der Waals surface area (Å²) in [5.74, 6) is 0.503. The number of amides is 1. The van der Waals surface area contributed by atoms with E-state index < -0.39 is 0 Å². The molecule has 1 heterocycles. The Morgan fingerprint density at radius 1 is 1.24 bits per heavy atom. The first-order chi connectivity index (χ1) is 10.0. The molecule has 4 nitrogen and oxygen atoms in total. The fraction of sp³-hybridized carbons (Fsp3) is 0.471. The molecule has 1 amide bonds. The maximum atomic E-state index is 12.2. The Labute approximate surface area is 126 Å². The van der Waals surface area contributed by atoms with E-state index in [2.05, 4.69) is 42.8 Å². The van der Waals surface area contributed by atoms with Crippen LogP contribution in [0.15, 0.2) is 30.5 Å². The van der Waals surface area contributed by atoms with E-state index in [-0.39, 0.29) is 11.9 Å². The molecule has 0 bridgehead atoms. The van der Waals surface area contributed by atoms with Crippen LogP contribution in [0.1, 0.15) is 26.3 Å². The Bertz CT molecular complexity index is 616. The Morgan fingerprint density at radius 3 is 2.62 bits per heavy atom. The van der Waals surface area contributed by atoms with Crippen LogP contribution < -0.4 is 10.6 Å². The summed E-state index contributed by atoms with van der Waals surface area (Å²) in [5.41, 5.74) is 2.33. The van der Waals surface area contributed by atoms with E-state index in [1.807, 2.05) is 30.7 Å². The number of hydrogen-bond acceptors (Lipinski definition) is 2. The van der Waals surface area contributed by atoms with Gasteiger partial charge in [0.25, 0.3) is 0 Å². The smallest absolute Gasteiger partial charge is 0.240 e. The first-order valence-electron chi connectivity index (χ1n) is 7.53. The van der Waals surface area contributed by atoms with Crippen molar-refractivity contribution in [2.24, 2.45) is 5.92 Å². The number of hydrogen-bond donors (Lipinski definition) is 2. The van der Waals surface area contributed by atoms with Crippen LogP contribution in [0.3, 0.4) is 0 Å². The Hall–Kier alpha value is -1.81. The third-order valence-electron chi connectivity index (χ3n) is 3.94. The van der Waals surface area contributed by atoms with Crippen LogP contribution in [0, 0.1) is 5.92 Å².